The molecule has 2 aliphatic heterocycles. The van der Waals surface area contributed by atoms with E-state index < -0.39 is 0 Å². The van der Waals surface area contributed by atoms with Gasteiger partial charge >= 0.3 is 0 Å². The lowest BCUT2D eigenvalue weighted by molar-refractivity contribution is 0.0952. The number of fused-ring (bicyclic) bond motifs is 3. The van der Waals surface area contributed by atoms with Crippen LogP contribution in [-0.2, 0) is 11.2 Å². The Morgan fingerprint density at radius 2 is 1.82 bits per heavy atom. The zero-order valence-corrected chi connectivity index (χ0v) is 22.8. The van der Waals surface area contributed by atoms with Crippen molar-refractivity contribution in [2.45, 2.75) is 25.3 Å². The molecule has 7 rings (SSSR count). The molecule has 202 valence electrons. The summed E-state index contributed by atoms with van der Waals surface area (Å²) in [5, 5.41) is 3.09. The summed E-state index contributed by atoms with van der Waals surface area (Å²) in [5.74, 6) is -0.146. The Hall–Kier alpha value is -4.08. The number of carbonyl (C=O) groups excluding carboxylic acids is 2. The lowest BCUT2D eigenvalue weighted by atomic mass is 10.1. The maximum Gasteiger partial charge on any atom is 0.276 e. The second kappa shape index (κ2) is 10.5. The van der Waals surface area contributed by atoms with Crippen LogP contribution in [0.15, 0.2) is 67.0 Å². The topological polar surface area (TPSA) is 87.7 Å². The Bertz CT molecular complexity index is 1590. The first-order valence-electron chi connectivity index (χ1n) is 13.7. The van der Waals surface area contributed by atoms with Crippen LogP contribution in [0.3, 0.4) is 0 Å². The summed E-state index contributed by atoms with van der Waals surface area (Å²) in [5.41, 5.74) is 5.90. The standard InChI is InChI=1S/C31H29N5O3S/c37-30(33-22-8-9-22)28-17-20-10-11-36(27-7-2-1-4-24(27)29(20)40-28)31(38)26-6-3-5-25(34-26)21-16-23(19-32-18-21)35-12-14-39-15-13-35/h1-7,16-19,22H,8-15H2,(H,33,37). The summed E-state index contributed by atoms with van der Waals surface area (Å²) in [4.78, 5) is 41.8. The van der Waals surface area contributed by atoms with Crippen LogP contribution in [-0.4, -0.2) is 60.7 Å². The molecule has 1 aliphatic carbocycles. The number of ether oxygens (including phenoxy) is 1. The second-order valence-corrected chi connectivity index (χ2v) is 11.4. The number of anilines is 2. The van der Waals surface area contributed by atoms with Gasteiger partial charge < -0.3 is 19.9 Å². The molecule has 4 aromatic rings. The maximum absolute atomic E-state index is 14.0. The number of morpholine rings is 1. The normalized spacial score (nSPS) is 16.6. The molecule has 3 aliphatic rings. The maximum atomic E-state index is 14.0. The van der Waals surface area contributed by atoms with Gasteiger partial charge in [-0.1, -0.05) is 24.3 Å². The summed E-state index contributed by atoms with van der Waals surface area (Å²) < 4.78 is 5.48. The van der Waals surface area contributed by atoms with Crippen molar-refractivity contribution in [3.05, 3.63) is 83.1 Å². The number of benzene rings is 1. The Balaban J connectivity index is 1.17. The van der Waals surface area contributed by atoms with Gasteiger partial charge in [-0.25, -0.2) is 4.98 Å². The lowest BCUT2D eigenvalue weighted by Gasteiger charge is -2.28. The van der Waals surface area contributed by atoms with Crippen molar-refractivity contribution in [2.75, 3.05) is 42.6 Å². The lowest BCUT2D eigenvalue weighted by Crippen LogP contribution is -2.36. The van der Waals surface area contributed by atoms with Gasteiger partial charge in [-0.05, 0) is 55.2 Å². The fourth-order valence-corrected chi connectivity index (χ4v) is 6.47. The number of aromatic nitrogens is 2. The first kappa shape index (κ1) is 24.9. The summed E-state index contributed by atoms with van der Waals surface area (Å²) in [6.07, 6.45) is 6.42. The van der Waals surface area contributed by atoms with Crippen LogP contribution in [0.5, 0.6) is 0 Å². The quantitative estimate of drug-likeness (QED) is 0.383. The summed E-state index contributed by atoms with van der Waals surface area (Å²) in [6, 6.07) is 17.9. The number of nitrogens with one attached hydrogen (secondary N) is 1. The fraction of sp³-hybridized carbons (Fsp3) is 0.290. The fourth-order valence-electron chi connectivity index (χ4n) is 5.32. The van der Waals surface area contributed by atoms with E-state index in [-0.39, 0.29) is 11.8 Å². The van der Waals surface area contributed by atoms with Gasteiger partial charge in [0.15, 0.2) is 0 Å². The Kier molecular flexibility index (Phi) is 6.53. The van der Waals surface area contributed by atoms with Gasteiger partial charge in [0.2, 0.25) is 0 Å². The molecule has 0 spiro atoms. The van der Waals surface area contributed by atoms with Crippen molar-refractivity contribution in [2.24, 2.45) is 0 Å². The molecule has 8 nitrogen and oxygen atoms in total. The smallest absolute Gasteiger partial charge is 0.276 e. The molecular weight excluding hydrogens is 522 g/mol. The van der Waals surface area contributed by atoms with Crippen LogP contribution in [0.1, 0.15) is 38.6 Å². The molecule has 1 N–H and O–H groups in total. The molecule has 1 saturated heterocycles. The van der Waals surface area contributed by atoms with E-state index in [1.165, 1.54) is 11.3 Å². The molecular formula is C31H29N5O3S. The van der Waals surface area contributed by atoms with E-state index >= 15 is 0 Å². The summed E-state index contributed by atoms with van der Waals surface area (Å²) in [7, 11) is 0. The average molecular weight is 552 g/mol. The molecule has 9 heteroatoms. The number of nitrogens with zero attached hydrogens (tertiary/aromatic N) is 4. The zero-order chi connectivity index (χ0) is 27.1. The van der Waals surface area contributed by atoms with E-state index in [0.717, 1.165) is 63.8 Å². The van der Waals surface area contributed by atoms with Gasteiger partial charge in [0.05, 0.1) is 41.4 Å². The minimum absolute atomic E-state index is 0.000758. The molecule has 3 aromatic heterocycles. The number of hydrogen-bond acceptors (Lipinski definition) is 7. The number of rotatable bonds is 5. The van der Waals surface area contributed by atoms with Crippen molar-refractivity contribution < 1.29 is 14.3 Å². The van der Waals surface area contributed by atoms with Crippen LogP contribution in [0.25, 0.3) is 21.7 Å². The highest BCUT2D eigenvalue weighted by Gasteiger charge is 2.30. The molecule has 1 saturated carbocycles. The van der Waals surface area contributed by atoms with E-state index in [4.69, 9.17) is 9.72 Å². The van der Waals surface area contributed by atoms with E-state index in [1.54, 1.807) is 12.3 Å². The van der Waals surface area contributed by atoms with Crippen LogP contribution in [0, 0.1) is 0 Å². The van der Waals surface area contributed by atoms with E-state index in [0.29, 0.717) is 43.6 Å². The van der Waals surface area contributed by atoms with Crippen LogP contribution in [0.4, 0.5) is 11.4 Å². The van der Waals surface area contributed by atoms with Crippen molar-refractivity contribution in [1.29, 1.82) is 0 Å². The third-order valence-corrected chi connectivity index (χ3v) is 8.81. The Morgan fingerprint density at radius 3 is 2.67 bits per heavy atom. The molecule has 0 atom stereocenters. The zero-order valence-electron chi connectivity index (χ0n) is 22.0. The first-order valence-corrected chi connectivity index (χ1v) is 14.6. The minimum atomic E-state index is -0.145. The molecule has 0 radical (unpaired) electrons. The highest BCUT2D eigenvalue weighted by molar-refractivity contribution is 7.17. The third-order valence-electron chi connectivity index (χ3n) is 7.60. The van der Waals surface area contributed by atoms with E-state index in [1.807, 2.05) is 53.6 Å². The SMILES string of the molecule is O=C(NC1CC1)c1cc2c(s1)-c1ccccc1N(C(=O)c1cccc(-c3cncc(N4CCOCC4)c3)n1)CC2. The highest BCUT2D eigenvalue weighted by atomic mass is 32.1. The van der Waals surface area contributed by atoms with Crippen molar-refractivity contribution in [1.82, 2.24) is 15.3 Å². The molecule has 0 unspecified atom stereocenters. The van der Waals surface area contributed by atoms with E-state index in [9.17, 15) is 9.59 Å². The van der Waals surface area contributed by atoms with E-state index in [2.05, 4.69) is 21.3 Å². The average Bonchev–Trinajstić information content (AvgIpc) is 3.75. The Labute approximate surface area is 236 Å². The number of amides is 2. The van der Waals surface area contributed by atoms with Crippen molar-refractivity contribution in [3.63, 3.8) is 0 Å². The minimum Gasteiger partial charge on any atom is -0.378 e. The predicted molar refractivity (Wildman–Crippen MR) is 156 cm³/mol. The predicted octanol–water partition coefficient (Wildman–Crippen LogP) is 4.80. The Morgan fingerprint density at radius 1 is 0.975 bits per heavy atom. The largest absolute Gasteiger partial charge is 0.378 e. The number of thiophene rings is 1. The number of para-hydroxylation sites is 1. The number of pyridine rings is 2. The van der Waals surface area contributed by atoms with Gasteiger partial charge in [-0.3, -0.25) is 14.6 Å². The summed E-state index contributed by atoms with van der Waals surface area (Å²) in [6.45, 7) is 3.55. The molecule has 1 aromatic carbocycles. The molecule has 2 fully saturated rings. The highest BCUT2D eigenvalue weighted by Crippen LogP contribution is 2.42. The molecule has 40 heavy (non-hydrogen) atoms. The summed E-state index contributed by atoms with van der Waals surface area (Å²) >= 11 is 1.51. The first-order chi connectivity index (χ1) is 19.6. The van der Waals surface area contributed by atoms with Crippen LogP contribution < -0.4 is 15.1 Å². The molecule has 0 bridgehead atoms. The van der Waals surface area contributed by atoms with Gasteiger partial charge in [0.1, 0.15) is 5.69 Å². The molecule has 2 amide bonds. The molecule has 5 heterocycles. The van der Waals surface area contributed by atoms with Crippen LogP contribution in [0.2, 0.25) is 0 Å². The van der Waals surface area contributed by atoms with Crippen LogP contribution >= 0.6 is 11.3 Å². The van der Waals surface area contributed by atoms with Gasteiger partial charge in [0, 0.05) is 47.9 Å². The second-order valence-electron chi connectivity index (χ2n) is 10.4. The van der Waals surface area contributed by atoms with Gasteiger partial charge in [0.25, 0.3) is 11.8 Å². The monoisotopic (exact) mass is 551 g/mol. The van der Waals surface area contributed by atoms with Gasteiger partial charge in [-0.2, -0.15) is 0 Å². The van der Waals surface area contributed by atoms with Crippen molar-refractivity contribution >= 4 is 34.5 Å². The number of hydrogen-bond donors (Lipinski definition) is 1. The number of carbonyl (C=O) groups is 2. The van der Waals surface area contributed by atoms with Crippen molar-refractivity contribution in [3.8, 4) is 21.7 Å². The third kappa shape index (κ3) is 4.87. The van der Waals surface area contributed by atoms with Gasteiger partial charge in [-0.15, -0.1) is 11.3 Å².